The van der Waals surface area contributed by atoms with Gasteiger partial charge in [0.15, 0.2) is 0 Å². The summed E-state index contributed by atoms with van der Waals surface area (Å²) in [6, 6.07) is 4.34. The number of anilines is 2. The van der Waals surface area contributed by atoms with Gasteiger partial charge in [0, 0.05) is 32.2 Å². The van der Waals surface area contributed by atoms with Crippen molar-refractivity contribution in [3.63, 3.8) is 0 Å². The van der Waals surface area contributed by atoms with Gasteiger partial charge in [0.25, 0.3) is 0 Å². The number of nitrogen functional groups attached to an aromatic ring is 1. The smallest absolute Gasteiger partial charge is 0.123 e. The van der Waals surface area contributed by atoms with Gasteiger partial charge in [-0.3, -0.25) is 0 Å². The van der Waals surface area contributed by atoms with Crippen molar-refractivity contribution in [2.75, 3.05) is 37.2 Å². The number of pyridine rings is 1. The van der Waals surface area contributed by atoms with Gasteiger partial charge < -0.3 is 21.7 Å². The highest BCUT2D eigenvalue weighted by molar-refractivity contribution is 5.46. The first-order valence-electron chi connectivity index (χ1n) is 6.18. The van der Waals surface area contributed by atoms with Crippen LogP contribution in [-0.4, -0.2) is 42.1 Å². The molecule has 1 aliphatic heterocycles. The largest absolute Gasteiger partial charge is 0.384 e. The highest BCUT2D eigenvalue weighted by atomic mass is 15.1. The zero-order valence-corrected chi connectivity index (χ0v) is 10.1. The summed E-state index contributed by atoms with van der Waals surface area (Å²) in [6.45, 7) is 4.00. The van der Waals surface area contributed by atoms with E-state index in [1.165, 1.54) is 0 Å². The van der Waals surface area contributed by atoms with Gasteiger partial charge in [-0.15, -0.1) is 0 Å². The predicted molar refractivity (Wildman–Crippen MR) is 70.8 cm³/mol. The average molecular weight is 235 g/mol. The lowest BCUT2D eigenvalue weighted by Gasteiger charge is -2.32. The normalized spacial score (nSPS) is 18.2. The molecule has 1 aromatic heterocycles. The Labute approximate surface area is 102 Å². The first kappa shape index (κ1) is 12.1. The van der Waals surface area contributed by atoms with E-state index in [4.69, 9.17) is 11.5 Å². The topological polar surface area (TPSA) is 80.2 Å². The van der Waals surface area contributed by atoms with Crippen LogP contribution in [0.15, 0.2) is 18.3 Å². The lowest BCUT2D eigenvalue weighted by atomic mass is 10.0. The van der Waals surface area contributed by atoms with Crippen molar-refractivity contribution in [1.29, 1.82) is 0 Å². The molecule has 0 bridgehead atoms. The van der Waals surface area contributed by atoms with Crippen LogP contribution in [-0.2, 0) is 0 Å². The molecule has 0 amide bonds. The number of nitrogens with zero attached hydrogens (tertiary/aromatic N) is 2. The van der Waals surface area contributed by atoms with Crippen LogP contribution in [0.1, 0.15) is 12.8 Å². The van der Waals surface area contributed by atoms with Crippen molar-refractivity contribution in [3.8, 4) is 0 Å². The first-order chi connectivity index (χ1) is 8.28. The van der Waals surface area contributed by atoms with Gasteiger partial charge in [-0.1, -0.05) is 0 Å². The lowest BCUT2D eigenvalue weighted by Crippen LogP contribution is -2.41. The quantitative estimate of drug-likeness (QED) is 0.708. The zero-order valence-electron chi connectivity index (χ0n) is 10.1. The summed E-state index contributed by atoms with van der Waals surface area (Å²) >= 11 is 0. The SMILES string of the molecule is NCCN1CCC(Nc2ccc(N)nc2)CC1. The number of hydrogen-bond donors (Lipinski definition) is 3. The summed E-state index contributed by atoms with van der Waals surface area (Å²) < 4.78 is 0. The number of aromatic nitrogens is 1. The molecule has 0 unspecified atom stereocenters. The van der Waals surface area contributed by atoms with Gasteiger partial charge in [0.05, 0.1) is 11.9 Å². The molecule has 0 aromatic carbocycles. The van der Waals surface area contributed by atoms with E-state index < -0.39 is 0 Å². The second-order valence-electron chi connectivity index (χ2n) is 4.52. The second kappa shape index (κ2) is 5.84. The van der Waals surface area contributed by atoms with E-state index in [-0.39, 0.29) is 0 Å². The van der Waals surface area contributed by atoms with E-state index in [1.54, 1.807) is 6.20 Å². The third kappa shape index (κ3) is 3.57. The Morgan fingerprint density at radius 3 is 2.71 bits per heavy atom. The number of hydrogen-bond acceptors (Lipinski definition) is 5. The van der Waals surface area contributed by atoms with Gasteiger partial charge in [-0.25, -0.2) is 4.98 Å². The summed E-state index contributed by atoms with van der Waals surface area (Å²) in [7, 11) is 0. The molecule has 1 aromatic rings. The van der Waals surface area contributed by atoms with Crippen molar-refractivity contribution in [2.24, 2.45) is 5.73 Å². The van der Waals surface area contributed by atoms with Gasteiger partial charge in [-0.05, 0) is 25.0 Å². The van der Waals surface area contributed by atoms with Crippen LogP contribution in [0.5, 0.6) is 0 Å². The van der Waals surface area contributed by atoms with Crippen LogP contribution in [0.4, 0.5) is 11.5 Å². The molecule has 2 heterocycles. The van der Waals surface area contributed by atoms with Gasteiger partial charge in [0.2, 0.25) is 0 Å². The van der Waals surface area contributed by atoms with E-state index in [2.05, 4.69) is 15.2 Å². The van der Waals surface area contributed by atoms with Crippen LogP contribution in [0.3, 0.4) is 0 Å². The molecule has 0 atom stereocenters. The molecule has 2 rings (SSSR count). The Balaban J connectivity index is 1.79. The molecule has 5 heteroatoms. The fourth-order valence-electron chi connectivity index (χ4n) is 2.21. The van der Waals surface area contributed by atoms with Crippen molar-refractivity contribution in [3.05, 3.63) is 18.3 Å². The summed E-state index contributed by atoms with van der Waals surface area (Å²) in [5.41, 5.74) is 12.2. The van der Waals surface area contributed by atoms with Gasteiger partial charge in [-0.2, -0.15) is 0 Å². The third-order valence-corrected chi connectivity index (χ3v) is 3.19. The van der Waals surface area contributed by atoms with Gasteiger partial charge in [0.1, 0.15) is 5.82 Å². The Hall–Kier alpha value is -1.33. The summed E-state index contributed by atoms with van der Waals surface area (Å²) in [5, 5.41) is 3.49. The molecule has 0 aliphatic carbocycles. The minimum absolute atomic E-state index is 0.537. The molecule has 0 saturated carbocycles. The van der Waals surface area contributed by atoms with Gasteiger partial charge >= 0.3 is 0 Å². The fourth-order valence-corrected chi connectivity index (χ4v) is 2.21. The minimum atomic E-state index is 0.537. The molecular formula is C12H21N5. The van der Waals surface area contributed by atoms with Crippen LogP contribution in [0.25, 0.3) is 0 Å². The van der Waals surface area contributed by atoms with Crippen molar-refractivity contribution >= 4 is 11.5 Å². The van der Waals surface area contributed by atoms with E-state index in [1.807, 2.05) is 12.1 Å². The number of nitrogens with one attached hydrogen (secondary N) is 1. The number of nitrogens with two attached hydrogens (primary N) is 2. The third-order valence-electron chi connectivity index (χ3n) is 3.19. The standard InChI is InChI=1S/C12H21N5/c13-5-8-17-6-3-10(4-7-17)16-11-1-2-12(14)15-9-11/h1-2,9-10,16H,3-8,13H2,(H2,14,15). The maximum Gasteiger partial charge on any atom is 0.123 e. The van der Waals surface area contributed by atoms with Crippen molar-refractivity contribution in [1.82, 2.24) is 9.88 Å². The Kier molecular flexibility index (Phi) is 4.17. The van der Waals surface area contributed by atoms with E-state index in [0.29, 0.717) is 11.9 Å². The van der Waals surface area contributed by atoms with E-state index in [9.17, 15) is 0 Å². The zero-order chi connectivity index (χ0) is 12.1. The predicted octanol–water partition coefficient (Wildman–Crippen LogP) is 0.499. The maximum absolute atomic E-state index is 5.55. The Morgan fingerprint density at radius 1 is 1.35 bits per heavy atom. The summed E-state index contributed by atoms with van der Waals surface area (Å²) in [6.07, 6.45) is 4.11. The van der Waals surface area contributed by atoms with Crippen LogP contribution in [0, 0.1) is 0 Å². The molecule has 0 spiro atoms. The molecule has 0 radical (unpaired) electrons. The summed E-state index contributed by atoms with van der Waals surface area (Å²) in [4.78, 5) is 6.49. The molecule has 1 aliphatic rings. The van der Waals surface area contributed by atoms with E-state index in [0.717, 1.165) is 44.7 Å². The van der Waals surface area contributed by atoms with Crippen molar-refractivity contribution in [2.45, 2.75) is 18.9 Å². The molecule has 94 valence electrons. The monoisotopic (exact) mass is 235 g/mol. The number of rotatable bonds is 4. The molecule has 5 nitrogen and oxygen atoms in total. The molecule has 1 fully saturated rings. The van der Waals surface area contributed by atoms with Crippen LogP contribution in [0.2, 0.25) is 0 Å². The summed E-state index contributed by atoms with van der Waals surface area (Å²) in [5.74, 6) is 0.563. The minimum Gasteiger partial charge on any atom is -0.384 e. The highest BCUT2D eigenvalue weighted by Crippen LogP contribution is 2.16. The van der Waals surface area contributed by atoms with E-state index >= 15 is 0 Å². The Bertz CT molecular complexity index is 329. The Morgan fingerprint density at radius 2 is 2.12 bits per heavy atom. The number of piperidine rings is 1. The molecule has 17 heavy (non-hydrogen) atoms. The lowest BCUT2D eigenvalue weighted by molar-refractivity contribution is 0.224. The van der Waals surface area contributed by atoms with Crippen LogP contribution < -0.4 is 16.8 Å². The number of likely N-dealkylation sites (tertiary alicyclic amines) is 1. The average Bonchev–Trinajstić information content (AvgIpc) is 2.35. The van der Waals surface area contributed by atoms with Crippen molar-refractivity contribution < 1.29 is 0 Å². The molecular weight excluding hydrogens is 214 g/mol. The molecule has 1 saturated heterocycles. The van der Waals surface area contributed by atoms with Crippen LogP contribution >= 0.6 is 0 Å². The second-order valence-corrected chi connectivity index (χ2v) is 4.52. The molecule has 5 N–H and O–H groups in total. The fraction of sp³-hybridized carbons (Fsp3) is 0.583. The first-order valence-corrected chi connectivity index (χ1v) is 6.18. The highest BCUT2D eigenvalue weighted by Gasteiger charge is 2.18. The maximum atomic E-state index is 5.55.